The second-order valence-electron chi connectivity index (χ2n) is 6.61. The van der Waals surface area contributed by atoms with Crippen molar-refractivity contribution in [3.63, 3.8) is 0 Å². The summed E-state index contributed by atoms with van der Waals surface area (Å²) in [6.07, 6.45) is 1.94. The van der Waals surface area contributed by atoms with E-state index in [0.717, 1.165) is 15.7 Å². The molecule has 8 nitrogen and oxygen atoms in total. The zero-order valence-corrected chi connectivity index (χ0v) is 18.5. The summed E-state index contributed by atoms with van der Waals surface area (Å²) >= 11 is 9.39. The largest absolute Gasteiger partial charge is 0.457 e. The van der Waals surface area contributed by atoms with Gasteiger partial charge in [0.1, 0.15) is 11.5 Å². The lowest BCUT2D eigenvalue weighted by Crippen LogP contribution is -2.15. The van der Waals surface area contributed by atoms with Crippen molar-refractivity contribution in [3.8, 4) is 11.5 Å². The van der Waals surface area contributed by atoms with Crippen LogP contribution in [-0.4, -0.2) is 20.6 Å². The third-order valence-electron chi connectivity index (χ3n) is 4.21. The van der Waals surface area contributed by atoms with Crippen LogP contribution in [-0.2, 0) is 11.3 Å². The molecule has 1 heterocycles. The molecule has 1 N–H and O–H groups in total. The summed E-state index contributed by atoms with van der Waals surface area (Å²) in [7, 11) is 0. The van der Waals surface area contributed by atoms with Crippen LogP contribution >= 0.6 is 27.5 Å². The molecule has 0 saturated heterocycles. The van der Waals surface area contributed by atoms with Gasteiger partial charge in [-0.15, -0.1) is 0 Å². The summed E-state index contributed by atoms with van der Waals surface area (Å²) in [6.45, 7) is 4.06. The van der Waals surface area contributed by atoms with Crippen molar-refractivity contribution in [2.24, 2.45) is 0 Å². The van der Waals surface area contributed by atoms with E-state index in [-0.39, 0.29) is 29.5 Å². The number of halogens is 2. The minimum Gasteiger partial charge on any atom is -0.457 e. The van der Waals surface area contributed by atoms with Crippen LogP contribution in [0.1, 0.15) is 17.7 Å². The fraction of sp³-hybridized carbons (Fsp3) is 0.200. The Labute approximate surface area is 186 Å². The predicted molar refractivity (Wildman–Crippen MR) is 117 cm³/mol. The van der Waals surface area contributed by atoms with Gasteiger partial charge in [0, 0.05) is 36.3 Å². The van der Waals surface area contributed by atoms with Crippen LogP contribution in [0.5, 0.6) is 11.5 Å². The van der Waals surface area contributed by atoms with E-state index in [1.54, 1.807) is 29.1 Å². The maximum absolute atomic E-state index is 12.3. The van der Waals surface area contributed by atoms with Crippen molar-refractivity contribution < 1.29 is 14.5 Å². The Bertz CT molecular complexity index is 1100. The predicted octanol–water partition coefficient (Wildman–Crippen LogP) is 5.65. The monoisotopic (exact) mass is 492 g/mol. The second kappa shape index (κ2) is 9.27. The highest BCUT2D eigenvalue weighted by molar-refractivity contribution is 9.10. The lowest BCUT2D eigenvalue weighted by Gasteiger charge is -2.10. The normalized spacial score (nSPS) is 10.7. The number of nitro benzene ring substituents is 1. The zero-order chi connectivity index (χ0) is 21.8. The number of rotatable bonds is 7. The number of nitro groups is 1. The fourth-order valence-corrected chi connectivity index (χ4v) is 3.12. The lowest BCUT2D eigenvalue weighted by molar-refractivity contribution is -0.384. The molecule has 2 aromatic carbocycles. The van der Waals surface area contributed by atoms with Gasteiger partial charge < -0.3 is 10.1 Å². The van der Waals surface area contributed by atoms with Crippen LogP contribution in [0.3, 0.4) is 0 Å². The first-order valence-corrected chi connectivity index (χ1v) is 10.1. The first kappa shape index (κ1) is 21.8. The van der Waals surface area contributed by atoms with Crippen LogP contribution in [0.15, 0.2) is 47.1 Å². The Morgan fingerprint density at radius 3 is 2.67 bits per heavy atom. The van der Waals surface area contributed by atoms with Crippen molar-refractivity contribution in [2.45, 2.75) is 26.8 Å². The van der Waals surface area contributed by atoms with Gasteiger partial charge in [0.15, 0.2) is 0 Å². The van der Waals surface area contributed by atoms with Crippen LogP contribution in [0.25, 0.3) is 0 Å². The first-order valence-electron chi connectivity index (χ1n) is 8.94. The van der Waals surface area contributed by atoms with Crippen molar-refractivity contribution in [3.05, 3.63) is 73.5 Å². The van der Waals surface area contributed by atoms with E-state index in [1.807, 2.05) is 13.8 Å². The number of ether oxygens (including phenoxy) is 1. The highest BCUT2D eigenvalue weighted by Gasteiger charge is 2.14. The number of anilines is 1. The Morgan fingerprint density at radius 2 is 2.03 bits per heavy atom. The Hall–Kier alpha value is -2.91. The average Bonchev–Trinajstić information content (AvgIpc) is 3.00. The topological polar surface area (TPSA) is 99.3 Å². The summed E-state index contributed by atoms with van der Waals surface area (Å²) in [5.41, 5.74) is 1.72. The summed E-state index contributed by atoms with van der Waals surface area (Å²) in [4.78, 5) is 23.1. The van der Waals surface area contributed by atoms with E-state index in [9.17, 15) is 14.9 Å². The molecule has 0 unspecified atom stereocenters. The molecule has 0 atom stereocenters. The number of nitrogens with one attached hydrogen (secondary N) is 1. The third kappa shape index (κ3) is 5.58. The number of aromatic nitrogens is 2. The number of benzene rings is 2. The van der Waals surface area contributed by atoms with Gasteiger partial charge in [-0.2, -0.15) is 5.10 Å². The SMILES string of the molecule is Cc1cc(Oc2cc(NC(=O)CCn3cc(Br)c(C)n3)cc([N+](=O)[O-])c2)ccc1Cl. The van der Waals surface area contributed by atoms with E-state index >= 15 is 0 Å². The second-order valence-corrected chi connectivity index (χ2v) is 7.87. The van der Waals surface area contributed by atoms with E-state index in [4.69, 9.17) is 16.3 Å². The van der Waals surface area contributed by atoms with Crippen LogP contribution < -0.4 is 10.1 Å². The summed E-state index contributed by atoms with van der Waals surface area (Å²) in [5.74, 6) is 0.412. The molecule has 1 aromatic heterocycles. The average molecular weight is 494 g/mol. The van der Waals surface area contributed by atoms with Crippen LogP contribution in [0.2, 0.25) is 5.02 Å². The highest BCUT2D eigenvalue weighted by Crippen LogP contribution is 2.31. The van der Waals surface area contributed by atoms with Gasteiger partial charge in [0.05, 0.1) is 26.8 Å². The van der Waals surface area contributed by atoms with Gasteiger partial charge in [-0.1, -0.05) is 11.6 Å². The number of nitrogens with zero attached hydrogens (tertiary/aromatic N) is 3. The molecule has 156 valence electrons. The molecule has 0 bridgehead atoms. The van der Waals surface area contributed by atoms with Gasteiger partial charge >= 0.3 is 0 Å². The molecule has 3 rings (SSSR count). The van der Waals surface area contributed by atoms with Crippen molar-refractivity contribution in [2.75, 3.05) is 5.32 Å². The molecule has 0 aliphatic rings. The minimum absolute atomic E-state index is 0.156. The van der Waals surface area contributed by atoms with Crippen molar-refractivity contribution >= 4 is 44.8 Å². The number of non-ortho nitro benzene ring substituents is 1. The summed E-state index contributed by atoms with van der Waals surface area (Å²) in [6, 6.07) is 9.18. The summed E-state index contributed by atoms with van der Waals surface area (Å²) in [5, 5.41) is 18.8. The van der Waals surface area contributed by atoms with Gasteiger partial charge in [0.25, 0.3) is 5.69 Å². The highest BCUT2D eigenvalue weighted by atomic mass is 79.9. The number of amides is 1. The molecule has 10 heteroatoms. The van der Waals surface area contributed by atoms with E-state index in [2.05, 4.69) is 26.3 Å². The summed E-state index contributed by atoms with van der Waals surface area (Å²) < 4.78 is 8.26. The fourth-order valence-electron chi connectivity index (χ4n) is 2.68. The van der Waals surface area contributed by atoms with E-state index < -0.39 is 4.92 Å². The number of carbonyl (C=O) groups excluding carboxylic acids is 1. The van der Waals surface area contributed by atoms with Gasteiger partial charge in [-0.05, 0) is 53.5 Å². The van der Waals surface area contributed by atoms with Crippen LogP contribution in [0.4, 0.5) is 11.4 Å². The third-order valence-corrected chi connectivity index (χ3v) is 5.41. The number of carbonyl (C=O) groups is 1. The maximum Gasteiger partial charge on any atom is 0.275 e. The minimum atomic E-state index is -0.542. The number of hydrogen-bond donors (Lipinski definition) is 1. The quantitative estimate of drug-likeness (QED) is 0.339. The smallest absolute Gasteiger partial charge is 0.275 e. The Kier molecular flexibility index (Phi) is 6.73. The molecule has 1 amide bonds. The standard InChI is InChI=1S/C20H18BrClN4O4/c1-12-7-16(3-4-19(12)22)30-17-9-14(8-15(10-17)26(28)29)23-20(27)5-6-25-11-18(21)13(2)24-25/h3-4,7-11H,5-6H2,1-2H3,(H,23,27). The van der Waals surface area contributed by atoms with Crippen molar-refractivity contribution in [1.82, 2.24) is 9.78 Å². The maximum atomic E-state index is 12.3. The van der Waals surface area contributed by atoms with Crippen molar-refractivity contribution in [1.29, 1.82) is 0 Å². The van der Waals surface area contributed by atoms with Gasteiger partial charge in [-0.25, -0.2) is 0 Å². The van der Waals surface area contributed by atoms with E-state index in [0.29, 0.717) is 17.3 Å². The Morgan fingerprint density at radius 1 is 1.27 bits per heavy atom. The molecule has 0 saturated carbocycles. The zero-order valence-electron chi connectivity index (χ0n) is 16.2. The van der Waals surface area contributed by atoms with E-state index in [1.165, 1.54) is 18.2 Å². The lowest BCUT2D eigenvalue weighted by atomic mass is 10.2. The Balaban J connectivity index is 1.73. The van der Waals surface area contributed by atoms with Crippen LogP contribution in [0, 0.1) is 24.0 Å². The molecular formula is C20H18BrClN4O4. The molecular weight excluding hydrogens is 476 g/mol. The molecule has 0 fully saturated rings. The molecule has 0 aliphatic heterocycles. The number of aryl methyl sites for hydroxylation is 3. The number of hydrogen-bond acceptors (Lipinski definition) is 5. The molecule has 0 radical (unpaired) electrons. The first-order chi connectivity index (χ1) is 14.2. The molecule has 0 aliphatic carbocycles. The van der Waals surface area contributed by atoms with Gasteiger partial charge in [-0.3, -0.25) is 19.6 Å². The molecule has 0 spiro atoms. The molecule has 3 aromatic rings. The molecule has 30 heavy (non-hydrogen) atoms. The van der Waals surface area contributed by atoms with Gasteiger partial charge in [0.2, 0.25) is 5.91 Å².